The highest BCUT2D eigenvalue weighted by Crippen LogP contribution is 2.32. The molecule has 0 fully saturated rings. The van der Waals surface area contributed by atoms with Crippen molar-refractivity contribution in [2.24, 2.45) is 5.92 Å². The Hall–Kier alpha value is -1.67. The van der Waals surface area contributed by atoms with E-state index in [1.165, 1.54) is 18.2 Å². The minimum Gasteiger partial charge on any atom is -0.391 e. The highest BCUT2D eigenvalue weighted by molar-refractivity contribution is 7.90. The van der Waals surface area contributed by atoms with Crippen LogP contribution in [-0.2, 0) is 9.84 Å². The Morgan fingerprint density at radius 2 is 2.05 bits per heavy atom. The maximum Gasteiger partial charge on any atom is 0.310 e. The van der Waals surface area contributed by atoms with Gasteiger partial charge in [-0.15, -0.1) is 0 Å². The lowest BCUT2D eigenvalue weighted by Crippen LogP contribution is -2.26. The predicted molar refractivity (Wildman–Crippen MR) is 80.2 cm³/mol. The summed E-state index contributed by atoms with van der Waals surface area (Å²) in [6.45, 7) is 3.91. The number of hydrogen-bond donors (Lipinski definition) is 2. The molecule has 0 bridgehead atoms. The van der Waals surface area contributed by atoms with Crippen molar-refractivity contribution >= 4 is 21.2 Å². The molecule has 2 atom stereocenters. The van der Waals surface area contributed by atoms with Gasteiger partial charge in [-0.05, 0) is 18.1 Å². The first-order valence-electron chi connectivity index (χ1n) is 6.57. The fourth-order valence-electron chi connectivity index (χ4n) is 1.84. The van der Waals surface area contributed by atoms with Crippen LogP contribution in [0.4, 0.5) is 11.4 Å². The van der Waals surface area contributed by atoms with Gasteiger partial charge in [0.2, 0.25) is 0 Å². The molecule has 1 aromatic rings. The summed E-state index contributed by atoms with van der Waals surface area (Å²) in [6, 6.07) is 4.06. The van der Waals surface area contributed by atoms with Crippen LogP contribution in [0.1, 0.15) is 20.3 Å². The van der Waals surface area contributed by atoms with Gasteiger partial charge in [-0.1, -0.05) is 26.3 Å². The zero-order valence-electron chi connectivity index (χ0n) is 12.2. The number of aliphatic hydroxyl groups is 1. The lowest BCUT2D eigenvalue weighted by Gasteiger charge is -2.18. The number of para-hydroxylation sites is 1. The summed E-state index contributed by atoms with van der Waals surface area (Å²) in [6.07, 6.45) is 1.03. The van der Waals surface area contributed by atoms with Crippen LogP contribution in [0.2, 0.25) is 0 Å². The van der Waals surface area contributed by atoms with Gasteiger partial charge >= 0.3 is 5.69 Å². The molecule has 0 amide bonds. The second kappa shape index (κ2) is 6.86. The molecule has 118 valence electrons. The average Bonchev–Trinajstić information content (AvgIpc) is 2.42. The normalized spacial score (nSPS) is 14.5. The molecule has 1 aromatic carbocycles. The van der Waals surface area contributed by atoms with Gasteiger partial charge in [-0.3, -0.25) is 10.1 Å². The van der Waals surface area contributed by atoms with Crippen molar-refractivity contribution < 1.29 is 18.4 Å². The van der Waals surface area contributed by atoms with E-state index in [9.17, 15) is 23.6 Å². The molecule has 0 aliphatic carbocycles. The molecule has 8 heteroatoms. The summed E-state index contributed by atoms with van der Waals surface area (Å²) in [5.74, 6) is 0.0367. The number of hydrogen-bond acceptors (Lipinski definition) is 6. The standard InChI is InChI=1S/C13H20N2O5S/c1-4-9(2)11(16)8-14-10-6-5-7-12(21(3,19)20)13(10)15(17)18/h5-7,9,11,14,16H,4,8H2,1-3H3. The molecule has 0 saturated carbocycles. The second-order valence-corrected chi connectivity index (χ2v) is 7.00. The molecule has 0 aliphatic heterocycles. The van der Waals surface area contributed by atoms with E-state index in [1.807, 2.05) is 13.8 Å². The topological polar surface area (TPSA) is 110 Å². The molecule has 2 N–H and O–H groups in total. The second-order valence-electron chi connectivity index (χ2n) is 5.02. The summed E-state index contributed by atoms with van der Waals surface area (Å²) in [5, 5.41) is 23.8. The summed E-state index contributed by atoms with van der Waals surface area (Å²) < 4.78 is 23.2. The van der Waals surface area contributed by atoms with Crippen molar-refractivity contribution in [2.75, 3.05) is 18.1 Å². The molecule has 0 radical (unpaired) electrons. The van der Waals surface area contributed by atoms with Gasteiger partial charge in [0.25, 0.3) is 0 Å². The van der Waals surface area contributed by atoms with E-state index in [-0.39, 0.29) is 23.0 Å². The van der Waals surface area contributed by atoms with Gasteiger partial charge in [0.1, 0.15) is 10.6 Å². The van der Waals surface area contributed by atoms with Crippen molar-refractivity contribution in [3.63, 3.8) is 0 Å². The van der Waals surface area contributed by atoms with Crippen LogP contribution in [0.25, 0.3) is 0 Å². The molecule has 1 rings (SSSR count). The van der Waals surface area contributed by atoms with Crippen molar-refractivity contribution in [3.8, 4) is 0 Å². The summed E-state index contributed by atoms with van der Waals surface area (Å²) in [7, 11) is -3.70. The Morgan fingerprint density at radius 1 is 1.43 bits per heavy atom. The Morgan fingerprint density at radius 3 is 2.52 bits per heavy atom. The Bertz CT molecular complexity index is 615. The number of anilines is 1. The molecular formula is C13H20N2O5S. The molecule has 0 saturated heterocycles. The fourth-order valence-corrected chi connectivity index (χ4v) is 2.70. The SMILES string of the molecule is CCC(C)C(O)CNc1cccc(S(C)(=O)=O)c1[N+](=O)[O-]. The van der Waals surface area contributed by atoms with Crippen molar-refractivity contribution in [3.05, 3.63) is 28.3 Å². The maximum absolute atomic E-state index is 11.6. The van der Waals surface area contributed by atoms with Gasteiger partial charge in [0.05, 0.1) is 11.0 Å². The van der Waals surface area contributed by atoms with Gasteiger partial charge in [0, 0.05) is 12.8 Å². The summed E-state index contributed by atoms with van der Waals surface area (Å²) in [4.78, 5) is 10.1. The van der Waals surface area contributed by atoms with Crippen molar-refractivity contribution in [1.82, 2.24) is 0 Å². The maximum atomic E-state index is 11.6. The smallest absolute Gasteiger partial charge is 0.310 e. The van der Waals surface area contributed by atoms with Crippen LogP contribution in [0, 0.1) is 16.0 Å². The number of nitro benzene ring substituents is 1. The minimum atomic E-state index is -3.70. The van der Waals surface area contributed by atoms with Gasteiger partial charge in [-0.2, -0.15) is 0 Å². The Kier molecular flexibility index (Phi) is 5.68. The van der Waals surface area contributed by atoms with Crippen LogP contribution >= 0.6 is 0 Å². The number of nitrogens with one attached hydrogen (secondary N) is 1. The predicted octanol–water partition coefficient (Wildman–Crippen LogP) is 1.82. The number of nitrogens with zero attached hydrogens (tertiary/aromatic N) is 1. The number of aliphatic hydroxyl groups excluding tert-OH is 1. The van der Waals surface area contributed by atoms with Crippen molar-refractivity contribution in [2.45, 2.75) is 31.3 Å². The third kappa shape index (κ3) is 4.40. The molecule has 21 heavy (non-hydrogen) atoms. The van der Waals surface area contributed by atoms with E-state index in [0.29, 0.717) is 0 Å². The average molecular weight is 316 g/mol. The lowest BCUT2D eigenvalue weighted by atomic mass is 10.0. The number of benzene rings is 1. The molecule has 0 heterocycles. The molecule has 2 unspecified atom stereocenters. The van der Waals surface area contributed by atoms with E-state index >= 15 is 0 Å². The van der Waals surface area contributed by atoms with Crippen LogP contribution in [-0.4, -0.2) is 37.4 Å². The molecule has 0 aromatic heterocycles. The van der Waals surface area contributed by atoms with Gasteiger partial charge in [0.15, 0.2) is 9.84 Å². The largest absolute Gasteiger partial charge is 0.391 e. The van der Waals surface area contributed by atoms with Crippen LogP contribution in [0.5, 0.6) is 0 Å². The van der Waals surface area contributed by atoms with E-state index in [0.717, 1.165) is 12.7 Å². The van der Waals surface area contributed by atoms with Gasteiger partial charge < -0.3 is 10.4 Å². The molecule has 0 aliphatic rings. The highest BCUT2D eigenvalue weighted by atomic mass is 32.2. The quantitative estimate of drug-likeness (QED) is 0.586. The third-order valence-electron chi connectivity index (χ3n) is 3.38. The first-order chi connectivity index (χ1) is 9.68. The van der Waals surface area contributed by atoms with Gasteiger partial charge in [-0.25, -0.2) is 8.42 Å². The van der Waals surface area contributed by atoms with Crippen LogP contribution in [0.3, 0.4) is 0 Å². The summed E-state index contributed by atoms with van der Waals surface area (Å²) in [5.41, 5.74) is -0.401. The number of rotatable bonds is 7. The monoisotopic (exact) mass is 316 g/mol. The number of sulfone groups is 1. The van der Waals surface area contributed by atoms with E-state index in [4.69, 9.17) is 0 Å². The Balaban J connectivity index is 3.11. The zero-order chi connectivity index (χ0) is 16.2. The Labute approximate surface area is 124 Å². The van der Waals surface area contributed by atoms with E-state index < -0.39 is 26.6 Å². The molecule has 0 spiro atoms. The number of nitro groups is 1. The first-order valence-corrected chi connectivity index (χ1v) is 8.47. The van der Waals surface area contributed by atoms with Crippen LogP contribution < -0.4 is 5.32 Å². The minimum absolute atomic E-state index is 0.0367. The van der Waals surface area contributed by atoms with E-state index in [2.05, 4.69) is 5.32 Å². The van der Waals surface area contributed by atoms with Crippen molar-refractivity contribution in [1.29, 1.82) is 0 Å². The molecular weight excluding hydrogens is 296 g/mol. The first kappa shape index (κ1) is 17.4. The third-order valence-corrected chi connectivity index (χ3v) is 4.51. The fraction of sp³-hybridized carbons (Fsp3) is 0.538. The van der Waals surface area contributed by atoms with E-state index in [1.54, 1.807) is 0 Å². The lowest BCUT2D eigenvalue weighted by molar-refractivity contribution is -0.386. The highest BCUT2D eigenvalue weighted by Gasteiger charge is 2.26. The van der Waals surface area contributed by atoms with Crippen LogP contribution in [0.15, 0.2) is 23.1 Å². The summed E-state index contributed by atoms with van der Waals surface area (Å²) >= 11 is 0. The molecule has 7 nitrogen and oxygen atoms in total. The zero-order valence-corrected chi connectivity index (χ0v) is 13.1.